The van der Waals surface area contributed by atoms with E-state index in [1.807, 2.05) is 26.0 Å². The smallest absolute Gasteiger partial charge is 0.179 e. The number of ether oxygens (including phenoxy) is 2. The Morgan fingerprint density at radius 1 is 1.23 bits per heavy atom. The lowest BCUT2D eigenvalue weighted by molar-refractivity contribution is 0.277. The fourth-order valence-electron chi connectivity index (χ4n) is 1.82. The van der Waals surface area contributed by atoms with Crippen molar-refractivity contribution in [2.45, 2.75) is 26.8 Å². The van der Waals surface area contributed by atoms with Crippen LogP contribution in [0.3, 0.4) is 0 Å². The van der Waals surface area contributed by atoms with Crippen molar-refractivity contribution in [1.82, 2.24) is 5.32 Å². The lowest BCUT2D eigenvalue weighted by atomic mass is 10.2. The van der Waals surface area contributed by atoms with Crippen molar-refractivity contribution in [2.75, 3.05) is 31.8 Å². The van der Waals surface area contributed by atoms with Crippen LogP contribution in [-0.4, -0.2) is 40.2 Å². The van der Waals surface area contributed by atoms with Crippen molar-refractivity contribution in [3.05, 3.63) is 22.7 Å². The van der Waals surface area contributed by atoms with E-state index in [1.54, 1.807) is 0 Å². The normalized spacial score (nSPS) is 11.5. The Hall–Kier alpha value is -0.980. The molecular formula is C15H24ClNO4S. The molecule has 0 aliphatic rings. The first kappa shape index (κ1) is 19.1. The number of rotatable bonds is 10. The first-order chi connectivity index (χ1) is 10.4. The van der Waals surface area contributed by atoms with Crippen LogP contribution in [0, 0.1) is 0 Å². The van der Waals surface area contributed by atoms with Gasteiger partial charge in [0.05, 0.1) is 24.0 Å². The monoisotopic (exact) mass is 349 g/mol. The van der Waals surface area contributed by atoms with Crippen LogP contribution < -0.4 is 14.8 Å². The van der Waals surface area contributed by atoms with Crippen LogP contribution in [0.15, 0.2) is 12.1 Å². The molecule has 1 N–H and O–H groups in total. The molecule has 0 aromatic heterocycles. The van der Waals surface area contributed by atoms with E-state index in [2.05, 4.69) is 5.32 Å². The summed E-state index contributed by atoms with van der Waals surface area (Å²) in [5, 5.41) is 3.58. The Kier molecular flexibility index (Phi) is 8.00. The molecule has 5 nitrogen and oxygen atoms in total. The summed E-state index contributed by atoms with van der Waals surface area (Å²) in [4.78, 5) is 0. The molecule has 0 fully saturated rings. The van der Waals surface area contributed by atoms with E-state index in [4.69, 9.17) is 21.1 Å². The fraction of sp³-hybridized carbons (Fsp3) is 0.600. The van der Waals surface area contributed by atoms with Gasteiger partial charge in [0, 0.05) is 19.3 Å². The number of hydrogen-bond donors (Lipinski definition) is 1. The predicted octanol–water partition coefficient (Wildman–Crippen LogP) is 2.66. The predicted molar refractivity (Wildman–Crippen MR) is 89.8 cm³/mol. The van der Waals surface area contributed by atoms with E-state index in [0.29, 0.717) is 42.8 Å². The summed E-state index contributed by atoms with van der Waals surface area (Å²) < 4.78 is 33.4. The van der Waals surface area contributed by atoms with Crippen LogP contribution >= 0.6 is 11.6 Å². The van der Waals surface area contributed by atoms with E-state index in [9.17, 15) is 8.42 Å². The van der Waals surface area contributed by atoms with Crippen LogP contribution in [0.4, 0.5) is 0 Å². The van der Waals surface area contributed by atoms with Crippen molar-refractivity contribution in [3.63, 3.8) is 0 Å². The zero-order valence-corrected chi connectivity index (χ0v) is 14.9. The summed E-state index contributed by atoms with van der Waals surface area (Å²) in [5.41, 5.74) is 0.922. The highest BCUT2D eigenvalue weighted by Gasteiger charge is 2.12. The highest BCUT2D eigenvalue weighted by atomic mass is 35.5. The second-order valence-corrected chi connectivity index (χ2v) is 7.66. The van der Waals surface area contributed by atoms with Gasteiger partial charge in [-0.1, -0.05) is 18.5 Å². The van der Waals surface area contributed by atoms with E-state index < -0.39 is 9.84 Å². The number of benzene rings is 1. The van der Waals surface area contributed by atoms with Gasteiger partial charge in [-0.3, -0.25) is 0 Å². The highest BCUT2D eigenvalue weighted by molar-refractivity contribution is 7.90. The lowest BCUT2D eigenvalue weighted by Gasteiger charge is -2.15. The van der Waals surface area contributed by atoms with Gasteiger partial charge in [0.15, 0.2) is 11.5 Å². The molecule has 0 amide bonds. The Morgan fingerprint density at radius 3 is 2.55 bits per heavy atom. The Balaban J connectivity index is 2.75. The maximum absolute atomic E-state index is 11.1. The van der Waals surface area contributed by atoms with Crippen molar-refractivity contribution in [1.29, 1.82) is 0 Å². The first-order valence-electron chi connectivity index (χ1n) is 7.33. The fourth-order valence-corrected chi connectivity index (χ4v) is 2.62. The first-order valence-corrected chi connectivity index (χ1v) is 9.77. The van der Waals surface area contributed by atoms with E-state index in [-0.39, 0.29) is 5.75 Å². The molecule has 0 radical (unpaired) electrons. The van der Waals surface area contributed by atoms with Gasteiger partial charge < -0.3 is 14.8 Å². The summed E-state index contributed by atoms with van der Waals surface area (Å²) in [5.74, 6) is 1.28. The van der Waals surface area contributed by atoms with Gasteiger partial charge in [0.1, 0.15) is 9.84 Å². The summed E-state index contributed by atoms with van der Waals surface area (Å²) in [6.07, 6.45) is 2.11. The zero-order chi connectivity index (χ0) is 16.6. The Morgan fingerprint density at radius 2 is 1.95 bits per heavy atom. The van der Waals surface area contributed by atoms with E-state index in [1.165, 1.54) is 6.26 Å². The molecule has 0 heterocycles. The van der Waals surface area contributed by atoms with E-state index >= 15 is 0 Å². The van der Waals surface area contributed by atoms with Crippen molar-refractivity contribution in [2.24, 2.45) is 0 Å². The second kappa shape index (κ2) is 9.22. The molecule has 0 aliphatic carbocycles. The van der Waals surface area contributed by atoms with Gasteiger partial charge in [-0.25, -0.2) is 8.42 Å². The summed E-state index contributed by atoms with van der Waals surface area (Å²) >= 11 is 6.26. The number of nitrogens with one attached hydrogen (secondary N) is 1. The summed E-state index contributed by atoms with van der Waals surface area (Å²) in [6.45, 7) is 5.93. The molecule has 0 spiro atoms. The second-order valence-electron chi connectivity index (χ2n) is 4.99. The molecule has 0 saturated heterocycles. The Labute approximate surface area is 137 Å². The molecular weight excluding hydrogens is 326 g/mol. The highest BCUT2D eigenvalue weighted by Crippen LogP contribution is 2.36. The van der Waals surface area contributed by atoms with Crippen molar-refractivity contribution in [3.8, 4) is 11.5 Å². The van der Waals surface area contributed by atoms with Crippen molar-refractivity contribution < 1.29 is 17.9 Å². The van der Waals surface area contributed by atoms with E-state index in [0.717, 1.165) is 12.0 Å². The van der Waals surface area contributed by atoms with Gasteiger partial charge in [-0.2, -0.15) is 0 Å². The number of halogens is 1. The number of hydrogen-bond acceptors (Lipinski definition) is 5. The molecule has 0 saturated carbocycles. The molecule has 126 valence electrons. The van der Waals surface area contributed by atoms with Crippen LogP contribution in [0.5, 0.6) is 11.5 Å². The average molecular weight is 350 g/mol. The van der Waals surface area contributed by atoms with Gasteiger partial charge >= 0.3 is 0 Å². The minimum atomic E-state index is -2.95. The van der Waals surface area contributed by atoms with Crippen LogP contribution in [-0.2, 0) is 16.4 Å². The van der Waals surface area contributed by atoms with Gasteiger partial charge in [0.2, 0.25) is 0 Å². The van der Waals surface area contributed by atoms with Gasteiger partial charge in [-0.05, 0) is 31.0 Å². The molecule has 0 bridgehead atoms. The minimum Gasteiger partial charge on any atom is -0.490 e. The Bertz CT molecular complexity index is 575. The van der Waals surface area contributed by atoms with Gasteiger partial charge in [-0.15, -0.1) is 0 Å². The maximum atomic E-state index is 11.1. The van der Waals surface area contributed by atoms with Gasteiger partial charge in [0.25, 0.3) is 0 Å². The van der Waals surface area contributed by atoms with Crippen LogP contribution in [0.25, 0.3) is 0 Å². The third kappa shape index (κ3) is 6.85. The third-order valence-electron chi connectivity index (χ3n) is 2.80. The topological polar surface area (TPSA) is 64.6 Å². The molecule has 0 aliphatic heterocycles. The summed E-state index contributed by atoms with van der Waals surface area (Å²) in [7, 11) is -2.95. The molecule has 1 aromatic rings. The quantitative estimate of drug-likeness (QED) is 0.658. The summed E-state index contributed by atoms with van der Waals surface area (Å²) in [6, 6.07) is 3.68. The van der Waals surface area contributed by atoms with Crippen LogP contribution in [0.1, 0.15) is 25.8 Å². The number of sulfone groups is 1. The minimum absolute atomic E-state index is 0.108. The van der Waals surface area contributed by atoms with Crippen molar-refractivity contribution >= 4 is 21.4 Å². The molecule has 0 unspecified atom stereocenters. The third-order valence-corrected chi connectivity index (χ3v) is 4.02. The largest absolute Gasteiger partial charge is 0.490 e. The van der Waals surface area contributed by atoms with Crippen LogP contribution in [0.2, 0.25) is 5.02 Å². The molecule has 0 atom stereocenters. The zero-order valence-electron chi connectivity index (χ0n) is 13.3. The molecule has 1 aromatic carbocycles. The maximum Gasteiger partial charge on any atom is 0.179 e. The molecule has 1 rings (SSSR count). The molecule has 22 heavy (non-hydrogen) atoms. The molecule has 7 heteroatoms. The average Bonchev–Trinajstić information content (AvgIpc) is 2.42. The standard InChI is InChI=1S/C15H24ClNO4S/c1-4-7-21-15-13(16)9-12(10-14(15)20-5-2)11-17-6-8-22(3,18)19/h9-10,17H,4-8,11H2,1-3H3. The SMILES string of the molecule is CCCOc1c(Cl)cc(CNCCS(C)(=O)=O)cc1OCC. The lowest BCUT2D eigenvalue weighted by Crippen LogP contribution is -2.22.